The van der Waals surface area contributed by atoms with E-state index in [1.807, 2.05) is 35.0 Å². The maximum Gasteiger partial charge on any atom is 0.280 e. The Morgan fingerprint density at radius 3 is 2.54 bits per heavy atom. The molecule has 5 aromatic heterocycles. The first kappa shape index (κ1) is 33.8. The molecule has 0 aromatic carbocycles. The average molecular weight is 695 g/mol. The van der Waals surface area contributed by atoms with Gasteiger partial charge in [0.1, 0.15) is 17.0 Å². The maximum atomic E-state index is 13.8. The monoisotopic (exact) mass is 694 g/mol. The number of hydrogen-bond acceptors (Lipinski definition) is 9. The smallest absolute Gasteiger partial charge is 0.280 e. The normalized spacial score (nSPS) is 18.8. The van der Waals surface area contributed by atoms with Crippen molar-refractivity contribution >= 4 is 42.5 Å². The van der Waals surface area contributed by atoms with Gasteiger partial charge in [-0.2, -0.15) is 13.5 Å². The van der Waals surface area contributed by atoms with Crippen LogP contribution in [0.1, 0.15) is 42.4 Å². The van der Waals surface area contributed by atoms with Crippen LogP contribution in [0.25, 0.3) is 22.5 Å². The van der Waals surface area contributed by atoms with Gasteiger partial charge in [-0.1, -0.05) is 13.8 Å². The molecule has 2 aliphatic heterocycles. The number of aromatic nitrogens is 5. The Bertz CT molecular complexity index is 2220. The van der Waals surface area contributed by atoms with Crippen molar-refractivity contribution in [2.45, 2.75) is 45.7 Å². The second-order valence-corrected chi connectivity index (χ2v) is 14.4. The second kappa shape index (κ2) is 12.9. The fourth-order valence-electron chi connectivity index (χ4n) is 7.70. The third-order valence-corrected chi connectivity index (χ3v) is 10.3. The van der Waals surface area contributed by atoms with E-state index in [4.69, 9.17) is 4.74 Å². The molecule has 5 aromatic rings. The minimum absolute atomic E-state index is 0. The standard InChI is InChI=1S/C37H40N8O4.H2S/c1-23-18-42(27-21-49-22-27)9-10-43(23)26-5-6-33(39-17-26)40-30-13-25(19-41(4)35(30)47)28-7-8-38-34(29(28)20-46)45-12-11-44-31(36(45)48)14-24-15-37(2,3)16-32(24)44;/h5-8,11-14,17,19-20,23,27H,9-10,15-16,18,21-22H2,1-4H3,(H,39,40);1H2/t23-;/m0./s1. The van der Waals surface area contributed by atoms with Gasteiger partial charge in [0, 0.05) is 68.8 Å². The summed E-state index contributed by atoms with van der Waals surface area (Å²) in [5, 5.41) is 3.19. The van der Waals surface area contributed by atoms with Gasteiger partial charge in [0.25, 0.3) is 11.1 Å². The number of carbonyl (C=O) groups is 1. The molecule has 1 atom stereocenters. The highest BCUT2D eigenvalue weighted by molar-refractivity contribution is 7.59. The van der Waals surface area contributed by atoms with Gasteiger partial charge in [-0.05, 0) is 66.6 Å². The van der Waals surface area contributed by atoms with Crippen LogP contribution in [0.15, 0.2) is 70.9 Å². The molecule has 0 spiro atoms. The van der Waals surface area contributed by atoms with Crippen LogP contribution >= 0.6 is 13.5 Å². The van der Waals surface area contributed by atoms with Gasteiger partial charge in [-0.3, -0.25) is 23.9 Å². The van der Waals surface area contributed by atoms with Gasteiger partial charge in [-0.15, -0.1) is 0 Å². The highest BCUT2D eigenvalue weighted by Gasteiger charge is 2.33. The highest BCUT2D eigenvalue weighted by atomic mass is 32.1. The van der Waals surface area contributed by atoms with Crippen molar-refractivity contribution < 1.29 is 9.53 Å². The molecule has 260 valence electrons. The Labute approximate surface area is 296 Å². The molecule has 2 saturated heterocycles. The summed E-state index contributed by atoms with van der Waals surface area (Å²) < 4.78 is 10.2. The first-order chi connectivity index (χ1) is 23.6. The molecule has 3 aliphatic rings. The van der Waals surface area contributed by atoms with Gasteiger partial charge in [0.15, 0.2) is 12.1 Å². The lowest BCUT2D eigenvalue weighted by molar-refractivity contribution is -0.0691. The molecule has 0 saturated carbocycles. The van der Waals surface area contributed by atoms with Gasteiger partial charge >= 0.3 is 0 Å². The van der Waals surface area contributed by atoms with Crippen molar-refractivity contribution in [3.63, 3.8) is 0 Å². The van der Waals surface area contributed by atoms with E-state index in [2.05, 4.69) is 45.9 Å². The molecular formula is C37H42N8O4S. The van der Waals surface area contributed by atoms with Crippen LogP contribution in [0, 0.1) is 5.41 Å². The number of rotatable bonds is 7. The molecule has 12 nitrogen and oxygen atoms in total. The number of aryl methyl sites for hydroxylation is 1. The summed E-state index contributed by atoms with van der Waals surface area (Å²) in [6.07, 6.45) is 11.2. The fourth-order valence-corrected chi connectivity index (χ4v) is 7.70. The minimum atomic E-state index is -0.246. The van der Waals surface area contributed by atoms with E-state index in [9.17, 15) is 14.4 Å². The zero-order valence-corrected chi connectivity index (χ0v) is 29.7. The van der Waals surface area contributed by atoms with Crippen molar-refractivity contribution in [2.75, 3.05) is 43.1 Å². The SMILES string of the molecule is C[C@H]1CN(C2COC2)CCN1c1ccc(Nc2cc(-c3ccnc(-n4ccn5c6c(cc5c4=O)CC(C)(C)C6)c3C=O)cn(C)c2=O)nc1.S. The zero-order valence-electron chi connectivity index (χ0n) is 28.7. The van der Waals surface area contributed by atoms with Crippen molar-refractivity contribution in [3.05, 3.63) is 98.8 Å². The van der Waals surface area contributed by atoms with Crippen molar-refractivity contribution in [3.8, 4) is 16.9 Å². The number of hydrogen-bond donors (Lipinski definition) is 1. The largest absolute Gasteiger partial charge is 0.378 e. The summed E-state index contributed by atoms with van der Waals surface area (Å²) in [6.45, 7) is 11.2. The number of nitrogens with zero attached hydrogens (tertiary/aromatic N) is 7. The number of aldehydes is 1. The zero-order chi connectivity index (χ0) is 34.0. The molecule has 1 aliphatic carbocycles. The quantitative estimate of drug-likeness (QED) is 0.253. The van der Waals surface area contributed by atoms with Crippen LogP contribution in [-0.2, 0) is 24.6 Å². The second-order valence-electron chi connectivity index (χ2n) is 14.4. The molecule has 13 heteroatoms. The van der Waals surface area contributed by atoms with Crippen LogP contribution < -0.4 is 21.3 Å². The summed E-state index contributed by atoms with van der Waals surface area (Å²) >= 11 is 0. The van der Waals surface area contributed by atoms with E-state index < -0.39 is 0 Å². The lowest BCUT2D eigenvalue weighted by Crippen LogP contribution is -2.59. The van der Waals surface area contributed by atoms with Crippen molar-refractivity contribution in [2.24, 2.45) is 12.5 Å². The molecule has 50 heavy (non-hydrogen) atoms. The maximum absolute atomic E-state index is 13.8. The number of pyridine rings is 3. The van der Waals surface area contributed by atoms with Crippen LogP contribution in [-0.4, -0.2) is 79.6 Å². The molecule has 7 heterocycles. The van der Waals surface area contributed by atoms with E-state index in [1.165, 1.54) is 14.7 Å². The molecule has 0 amide bonds. The van der Waals surface area contributed by atoms with Crippen LogP contribution in [0.3, 0.4) is 0 Å². The van der Waals surface area contributed by atoms with E-state index >= 15 is 0 Å². The Kier molecular flexibility index (Phi) is 8.69. The van der Waals surface area contributed by atoms with Crippen LogP contribution in [0.4, 0.5) is 17.2 Å². The van der Waals surface area contributed by atoms with E-state index in [1.54, 1.807) is 37.8 Å². The molecule has 0 unspecified atom stereocenters. The molecular weight excluding hydrogens is 653 g/mol. The number of ether oxygens (including phenoxy) is 1. The van der Waals surface area contributed by atoms with Gasteiger partial charge in [-0.25, -0.2) is 9.97 Å². The summed E-state index contributed by atoms with van der Waals surface area (Å²) in [6, 6.07) is 10.2. The lowest BCUT2D eigenvalue weighted by atomic mass is 9.90. The Hall–Kier alpha value is -4.72. The third kappa shape index (κ3) is 5.82. The molecule has 0 bridgehead atoms. The Morgan fingerprint density at radius 1 is 1.02 bits per heavy atom. The van der Waals surface area contributed by atoms with Crippen LogP contribution in [0.2, 0.25) is 0 Å². The highest BCUT2D eigenvalue weighted by Crippen LogP contribution is 2.37. The topological polar surface area (TPSA) is 119 Å². The summed E-state index contributed by atoms with van der Waals surface area (Å²) in [5.41, 5.74) is 5.32. The Morgan fingerprint density at radius 2 is 1.84 bits per heavy atom. The molecule has 8 rings (SSSR count). The minimum Gasteiger partial charge on any atom is -0.378 e. The average Bonchev–Trinajstić information content (AvgIpc) is 3.55. The third-order valence-electron chi connectivity index (χ3n) is 10.3. The fraction of sp³-hybridized carbons (Fsp3) is 0.378. The number of piperazine rings is 1. The Balaban J connectivity index is 0.00000392. The number of carbonyl (C=O) groups excluding carboxylic acids is 1. The van der Waals surface area contributed by atoms with E-state index in [-0.39, 0.29) is 41.4 Å². The molecule has 0 radical (unpaired) electrons. The van der Waals surface area contributed by atoms with Crippen molar-refractivity contribution in [1.82, 2.24) is 28.4 Å². The first-order valence-corrected chi connectivity index (χ1v) is 16.8. The van der Waals surface area contributed by atoms with Gasteiger partial charge < -0.3 is 23.9 Å². The number of nitrogens with one attached hydrogen (secondary N) is 1. The summed E-state index contributed by atoms with van der Waals surface area (Å²) in [5.74, 6) is 0.766. The number of fused-ring (bicyclic) bond motifs is 3. The van der Waals surface area contributed by atoms with Crippen LogP contribution in [0.5, 0.6) is 0 Å². The van der Waals surface area contributed by atoms with E-state index in [0.717, 1.165) is 57.1 Å². The molecule has 2 fully saturated rings. The lowest BCUT2D eigenvalue weighted by Gasteiger charge is -2.46. The van der Waals surface area contributed by atoms with Crippen molar-refractivity contribution in [1.29, 1.82) is 0 Å². The first-order valence-electron chi connectivity index (χ1n) is 16.8. The predicted octanol–water partition coefficient (Wildman–Crippen LogP) is 3.95. The summed E-state index contributed by atoms with van der Waals surface area (Å²) in [4.78, 5) is 53.7. The molecule has 1 N–H and O–H groups in total. The summed E-state index contributed by atoms with van der Waals surface area (Å²) in [7, 11) is 1.67. The van der Waals surface area contributed by atoms with Gasteiger partial charge in [0.05, 0.1) is 36.7 Å². The van der Waals surface area contributed by atoms with Gasteiger partial charge in [0.2, 0.25) is 0 Å². The number of anilines is 3. The predicted molar refractivity (Wildman–Crippen MR) is 199 cm³/mol. The van der Waals surface area contributed by atoms with E-state index in [0.29, 0.717) is 46.5 Å².